The minimum Gasteiger partial charge on any atom is -0.490 e. The molecule has 2 aromatic rings. The number of nitrogens with one attached hydrogen (secondary N) is 1. The van der Waals surface area contributed by atoms with E-state index < -0.39 is 12.8 Å². The molecule has 0 bridgehead atoms. The summed E-state index contributed by atoms with van der Waals surface area (Å²) in [6.45, 7) is 3.51. The molecule has 0 spiro atoms. The second-order valence-electron chi connectivity index (χ2n) is 6.93. The van der Waals surface area contributed by atoms with Gasteiger partial charge in [0.25, 0.3) is 5.91 Å². The minimum absolute atomic E-state index is 0.0576. The minimum atomic E-state index is -3.01. The van der Waals surface area contributed by atoms with Crippen LogP contribution in [0.3, 0.4) is 0 Å². The van der Waals surface area contributed by atoms with Crippen LogP contribution in [0.1, 0.15) is 42.9 Å². The van der Waals surface area contributed by atoms with Gasteiger partial charge in [0.15, 0.2) is 11.5 Å². The molecule has 3 rings (SSSR count). The van der Waals surface area contributed by atoms with Gasteiger partial charge in [0.05, 0.1) is 12.2 Å². The number of hydrogen-bond donors (Lipinski definition) is 1. The topological polar surface area (TPSA) is 50.8 Å². The molecule has 1 unspecified atom stereocenters. The van der Waals surface area contributed by atoms with E-state index in [0.717, 1.165) is 0 Å². The van der Waals surface area contributed by atoms with Crippen LogP contribution >= 0.6 is 0 Å². The number of benzene rings is 2. The molecule has 1 heterocycles. The van der Waals surface area contributed by atoms with Gasteiger partial charge in [0.1, 0.15) is 6.17 Å². The summed E-state index contributed by atoms with van der Waals surface area (Å²) in [5.41, 5.74) is 1.63. The number of hydrogen-bond acceptors (Lipinski definition) is 4. The lowest BCUT2D eigenvalue weighted by Crippen LogP contribution is -2.44. The Morgan fingerprint density at radius 1 is 1.14 bits per heavy atom. The number of para-hydroxylation sites is 2. The summed E-state index contributed by atoms with van der Waals surface area (Å²) < 4.78 is 36.6. The van der Waals surface area contributed by atoms with Crippen LogP contribution in [0, 0.1) is 5.92 Å². The molecule has 1 aliphatic heterocycles. The van der Waals surface area contributed by atoms with Gasteiger partial charge in [-0.2, -0.15) is 8.78 Å². The van der Waals surface area contributed by atoms with Crippen LogP contribution in [0.15, 0.2) is 42.5 Å². The molecule has 1 N–H and O–H groups in total. The fourth-order valence-corrected chi connectivity index (χ4v) is 3.35. The molecule has 1 atom stereocenters. The Morgan fingerprint density at radius 3 is 2.57 bits per heavy atom. The van der Waals surface area contributed by atoms with Crippen molar-refractivity contribution in [2.45, 2.75) is 33.5 Å². The van der Waals surface area contributed by atoms with Gasteiger partial charge in [0.2, 0.25) is 0 Å². The van der Waals surface area contributed by atoms with Crippen molar-refractivity contribution in [1.29, 1.82) is 0 Å². The van der Waals surface area contributed by atoms with Crippen LogP contribution in [0.2, 0.25) is 0 Å². The van der Waals surface area contributed by atoms with Crippen LogP contribution in [0.25, 0.3) is 0 Å². The van der Waals surface area contributed by atoms with E-state index in [4.69, 9.17) is 9.47 Å². The van der Waals surface area contributed by atoms with E-state index >= 15 is 0 Å². The van der Waals surface area contributed by atoms with Crippen LogP contribution in [0.5, 0.6) is 11.5 Å². The van der Waals surface area contributed by atoms with E-state index in [1.54, 1.807) is 48.2 Å². The quantitative estimate of drug-likeness (QED) is 0.730. The van der Waals surface area contributed by atoms with Crippen LogP contribution < -0.4 is 14.8 Å². The molecule has 1 aliphatic rings. The predicted octanol–water partition coefficient (Wildman–Crippen LogP) is 4.91. The summed E-state index contributed by atoms with van der Waals surface area (Å²) in [4.78, 5) is 14.8. The highest BCUT2D eigenvalue weighted by Crippen LogP contribution is 2.41. The number of halogens is 2. The smallest absolute Gasteiger partial charge is 0.387 e. The Hall–Kier alpha value is -2.83. The zero-order valence-electron chi connectivity index (χ0n) is 16.1. The van der Waals surface area contributed by atoms with E-state index in [1.807, 2.05) is 19.9 Å². The van der Waals surface area contributed by atoms with Crippen molar-refractivity contribution in [2.24, 2.45) is 5.92 Å². The summed E-state index contributed by atoms with van der Waals surface area (Å²) in [7, 11) is 0. The van der Waals surface area contributed by atoms with Crippen LogP contribution in [-0.2, 0) is 0 Å². The van der Waals surface area contributed by atoms with Crippen molar-refractivity contribution < 1.29 is 23.0 Å². The molecule has 0 aliphatic carbocycles. The molecule has 150 valence electrons. The molecule has 1 amide bonds. The van der Waals surface area contributed by atoms with Crippen LogP contribution in [-0.4, -0.2) is 30.6 Å². The van der Waals surface area contributed by atoms with E-state index in [0.29, 0.717) is 30.0 Å². The molecule has 28 heavy (non-hydrogen) atoms. The molecule has 0 saturated heterocycles. The molecule has 0 saturated carbocycles. The molecular weight excluding hydrogens is 366 g/mol. The van der Waals surface area contributed by atoms with Crippen molar-refractivity contribution in [3.8, 4) is 11.5 Å². The number of carbonyl (C=O) groups excluding carboxylic acids is 1. The molecule has 2 aromatic carbocycles. The van der Waals surface area contributed by atoms with Crippen molar-refractivity contribution in [1.82, 2.24) is 4.90 Å². The zero-order chi connectivity index (χ0) is 20.3. The Balaban J connectivity index is 2.11. The third-order valence-corrected chi connectivity index (χ3v) is 4.39. The number of rotatable bonds is 7. The maximum Gasteiger partial charge on any atom is 0.387 e. The first-order valence-electron chi connectivity index (χ1n) is 9.29. The molecule has 5 nitrogen and oxygen atoms in total. The standard InChI is InChI=1S/C21H24F2N2O3/c1-4-27-17-11-7-9-15(18(17)28-21(22)23)19-24-16-10-6-5-8-14(16)20(26)25(19)12-13(2)3/h5-11,13,19,21,24H,4,12H2,1-3H3. The first-order chi connectivity index (χ1) is 13.4. The second-order valence-corrected chi connectivity index (χ2v) is 6.93. The fourth-order valence-electron chi connectivity index (χ4n) is 3.35. The lowest BCUT2D eigenvalue weighted by molar-refractivity contribution is -0.0526. The maximum atomic E-state index is 13.1. The lowest BCUT2D eigenvalue weighted by atomic mass is 10.0. The van der Waals surface area contributed by atoms with E-state index in [1.165, 1.54) is 0 Å². The summed E-state index contributed by atoms with van der Waals surface area (Å²) in [6.07, 6.45) is -0.654. The highest BCUT2D eigenvalue weighted by atomic mass is 19.3. The molecule has 0 aromatic heterocycles. The zero-order valence-corrected chi connectivity index (χ0v) is 16.1. The highest BCUT2D eigenvalue weighted by molar-refractivity contribution is 6.01. The Bertz CT molecular complexity index is 842. The second kappa shape index (κ2) is 8.46. The molecular formula is C21H24F2N2O3. The first-order valence-corrected chi connectivity index (χ1v) is 9.29. The highest BCUT2D eigenvalue weighted by Gasteiger charge is 2.35. The van der Waals surface area contributed by atoms with Gasteiger partial charge in [-0.25, -0.2) is 0 Å². The van der Waals surface area contributed by atoms with Gasteiger partial charge in [-0.1, -0.05) is 38.1 Å². The lowest BCUT2D eigenvalue weighted by Gasteiger charge is -2.39. The number of anilines is 1. The van der Waals surface area contributed by atoms with Gasteiger partial charge in [-0.05, 0) is 31.0 Å². The van der Waals surface area contributed by atoms with E-state index in [-0.39, 0.29) is 23.3 Å². The van der Waals surface area contributed by atoms with Gasteiger partial charge in [-0.15, -0.1) is 0 Å². The van der Waals surface area contributed by atoms with Crippen molar-refractivity contribution >= 4 is 11.6 Å². The number of nitrogens with zero attached hydrogens (tertiary/aromatic N) is 1. The largest absolute Gasteiger partial charge is 0.490 e. The molecule has 0 radical (unpaired) electrons. The predicted molar refractivity (Wildman–Crippen MR) is 103 cm³/mol. The Kier molecular flexibility index (Phi) is 6.02. The van der Waals surface area contributed by atoms with Gasteiger partial charge < -0.3 is 19.7 Å². The van der Waals surface area contributed by atoms with Crippen LogP contribution in [0.4, 0.5) is 14.5 Å². The number of carbonyl (C=O) groups is 1. The van der Waals surface area contributed by atoms with E-state index in [9.17, 15) is 13.6 Å². The Morgan fingerprint density at radius 2 is 1.89 bits per heavy atom. The summed E-state index contributed by atoms with van der Waals surface area (Å²) in [6, 6.07) is 12.1. The van der Waals surface area contributed by atoms with Crippen molar-refractivity contribution in [2.75, 3.05) is 18.5 Å². The SMILES string of the molecule is CCOc1cccc(C2Nc3ccccc3C(=O)N2CC(C)C)c1OC(F)F. The Labute approximate surface area is 163 Å². The fraction of sp³-hybridized carbons (Fsp3) is 0.381. The van der Waals surface area contributed by atoms with Gasteiger partial charge in [-0.3, -0.25) is 4.79 Å². The van der Waals surface area contributed by atoms with Crippen molar-refractivity contribution in [3.63, 3.8) is 0 Å². The number of fused-ring (bicyclic) bond motifs is 1. The monoisotopic (exact) mass is 390 g/mol. The average molecular weight is 390 g/mol. The summed E-state index contributed by atoms with van der Waals surface area (Å²) in [5.74, 6) is 0.196. The third-order valence-electron chi connectivity index (χ3n) is 4.39. The molecule has 0 fully saturated rings. The average Bonchev–Trinajstić information content (AvgIpc) is 2.65. The molecule has 7 heteroatoms. The summed E-state index contributed by atoms with van der Waals surface area (Å²) >= 11 is 0. The third kappa shape index (κ3) is 4.03. The van der Waals surface area contributed by atoms with Gasteiger partial charge >= 0.3 is 6.61 Å². The number of amides is 1. The maximum absolute atomic E-state index is 13.1. The van der Waals surface area contributed by atoms with Crippen molar-refractivity contribution in [3.05, 3.63) is 53.6 Å². The number of ether oxygens (including phenoxy) is 2. The first kappa shape index (κ1) is 19.9. The normalized spacial score (nSPS) is 16.2. The van der Waals surface area contributed by atoms with Gasteiger partial charge in [0, 0.05) is 17.8 Å². The summed E-state index contributed by atoms with van der Waals surface area (Å²) in [5, 5.41) is 3.31. The number of alkyl halides is 2. The van der Waals surface area contributed by atoms with E-state index in [2.05, 4.69) is 5.32 Å².